The molecule has 1 aliphatic carbocycles. The Kier molecular flexibility index (Phi) is 5.58. The van der Waals surface area contributed by atoms with Crippen LogP contribution in [0.5, 0.6) is 5.75 Å². The zero-order chi connectivity index (χ0) is 18.7. The van der Waals surface area contributed by atoms with E-state index < -0.39 is 0 Å². The highest BCUT2D eigenvalue weighted by molar-refractivity contribution is 5.73. The molecule has 0 unspecified atom stereocenters. The molecule has 0 bridgehead atoms. The van der Waals surface area contributed by atoms with E-state index in [4.69, 9.17) is 9.47 Å². The average molecular weight is 350 g/mol. The predicted octanol–water partition coefficient (Wildman–Crippen LogP) is 4.89. The Hall–Kier alpha value is -2.39. The van der Waals surface area contributed by atoms with Crippen LogP contribution in [0.1, 0.15) is 40.3 Å². The van der Waals surface area contributed by atoms with Gasteiger partial charge in [0.15, 0.2) is 0 Å². The number of hydrogen-bond acceptors (Lipinski definition) is 3. The van der Waals surface area contributed by atoms with Crippen LogP contribution in [0.15, 0.2) is 48.6 Å². The van der Waals surface area contributed by atoms with E-state index in [0.29, 0.717) is 12.2 Å². The smallest absolute Gasteiger partial charge is 0.145 e. The van der Waals surface area contributed by atoms with E-state index in [9.17, 15) is 4.79 Å². The molecule has 136 valence electrons. The Balaban J connectivity index is 1.96. The molecule has 3 heteroatoms. The van der Waals surface area contributed by atoms with E-state index in [1.807, 2.05) is 18.2 Å². The molecule has 3 rings (SSSR count). The average Bonchev–Trinajstić information content (AvgIpc) is 2.68. The topological polar surface area (TPSA) is 35.5 Å². The molecule has 2 atom stereocenters. The van der Waals surface area contributed by atoms with Gasteiger partial charge in [-0.15, -0.1) is 0 Å². The predicted molar refractivity (Wildman–Crippen MR) is 103 cm³/mol. The summed E-state index contributed by atoms with van der Waals surface area (Å²) in [7, 11) is 1.71. The Morgan fingerprint density at radius 3 is 2.65 bits per heavy atom. The second-order valence-electron chi connectivity index (χ2n) is 6.98. The van der Waals surface area contributed by atoms with E-state index in [2.05, 4.69) is 38.6 Å². The van der Waals surface area contributed by atoms with Gasteiger partial charge in [0.2, 0.25) is 0 Å². The maximum Gasteiger partial charge on any atom is 0.145 e. The number of rotatable bonds is 6. The van der Waals surface area contributed by atoms with Crippen molar-refractivity contribution in [1.82, 2.24) is 0 Å². The van der Waals surface area contributed by atoms with Gasteiger partial charge >= 0.3 is 0 Å². The molecule has 3 nitrogen and oxygen atoms in total. The van der Waals surface area contributed by atoms with Crippen molar-refractivity contribution in [3.8, 4) is 5.75 Å². The second kappa shape index (κ2) is 7.88. The Labute approximate surface area is 155 Å². The quantitative estimate of drug-likeness (QED) is 0.550. The molecule has 0 aliphatic heterocycles. The molecule has 0 heterocycles. The highest BCUT2D eigenvalue weighted by Crippen LogP contribution is 2.44. The third-order valence-corrected chi connectivity index (χ3v) is 5.40. The molecule has 0 saturated heterocycles. The summed E-state index contributed by atoms with van der Waals surface area (Å²) in [6.45, 7) is 8.67. The number of benzene rings is 2. The first-order valence-electron chi connectivity index (χ1n) is 9.03. The summed E-state index contributed by atoms with van der Waals surface area (Å²) in [4.78, 5) is 11.3. The van der Waals surface area contributed by atoms with Gasteiger partial charge in [0.05, 0.1) is 6.10 Å². The lowest BCUT2D eigenvalue weighted by atomic mass is 9.75. The van der Waals surface area contributed by atoms with Crippen LogP contribution in [-0.4, -0.2) is 13.4 Å². The van der Waals surface area contributed by atoms with Gasteiger partial charge < -0.3 is 9.47 Å². The van der Waals surface area contributed by atoms with Crippen molar-refractivity contribution in [3.05, 3.63) is 76.4 Å². The van der Waals surface area contributed by atoms with Crippen LogP contribution >= 0.6 is 0 Å². The van der Waals surface area contributed by atoms with Crippen LogP contribution < -0.4 is 4.74 Å². The monoisotopic (exact) mass is 350 g/mol. The van der Waals surface area contributed by atoms with Crippen LogP contribution in [0.2, 0.25) is 0 Å². The maximum atomic E-state index is 11.3. The zero-order valence-corrected chi connectivity index (χ0v) is 15.7. The summed E-state index contributed by atoms with van der Waals surface area (Å²) in [5.74, 6) is 0.900. The summed E-state index contributed by atoms with van der Waals surface area (Å²) in [5.41, 5.74) is 6.53. The van der Waals surface area contributed by atoms with Gasteiger partial charge in [-0.25, -0.2) is 0 Å². The summed E-state index contributed by atoms with van der Waals surface area (Å²) in [6, 6.07) is 12.3. The molecule has 0 N–H and O–H groups in total. The van der Waals surface area contributed by atoms with Crippen molar-refractivity contribution in [2.24, 2.45) is 5.92 Å². The van der Waals surface area contributed by atoms with Gasteiger partial charge in [-0.1, -0.05) is 36.9 Å². The van der Waals surface area contributed by atoms with E-state index in [0.717, 1.165) is 41.6 Å². The standard InChI is InChI=1S/C23H26O3/c1-15-12-21(26-14-18-8-6-5-7-9-18)17(3)22-19(15)10-11-20(16(2)13-24)23(22)25-4/h5-9,12-13,20,23H,2,10-11,14H2,1,3-4H3/t20-,23+/m0/s1. The third kappa shape index (κ3) is 3.45. The molecule has 0 aromatic heterocycles. The van der Waals surface area contributed by atoms with Gasteiger partial charge in [-0.2, -0.15) is 0 Å². The Morgan fingerprint density at radius 1 is 1.27 bits per heavy atom. The van der Waals surface area contributed by atoms with Crippen molar-refractivity contribution < 1.29 is 14.3 Å². The number of carbonyl (C=O) groups excluding carboxylic acids is 1. The zero-order valence-electron chi connectivity index (χ0n) is 15.7. The first-order chi connectivity index (χ1) is 12.6. The van der Waals surface area contributed by atoms with Crippen LogP contribution in [0.25, 0.3) is 0 Å². The van der Waals surface area contributed by atoms with Gasteiger partial charge in [-0.05, 0) is 66.1 Å². The third-order valence-electron chi connectivity index (χ3n) is 5.40. The fraction of sp³-hybridized carbons (Fsp3) is 0.348. The Morgan fingerprint density at radius 2 is 2.00 bits per heavy atom. The number of aryl methyl sites for hydroxylation is 1. The van der Waals surface area contributed by atoms with Crippen molar-refractivity contribution in [3.63, 3.8) is 0 Å². The number of aldehydes is 1. The molecule has 0 fully saturated rings. The highest BCUT2D eigenvalue weighted by Gasteiger charge is 2.34. The number of fused-ring (bicyclic) bond motifs is 1. The summed E-state index contributed by atoms with van der Waals surface area (Å²) >= 11 is 0. The van der Waals surface area contributed by atoms with Crippen molar-refractivity contribution >= 4 is 6.29 Å². The Bertz CT molecular complexity index is 808. The minimum atomic E-state index is -0.157. The fourth-order valence-electron chi connectivity index (χ4n) is 3.97. The lowest BCUT2D eigenvalue weighted by Gasteiger charge is -2.35. The van der Waals surface area contributed by atoms with Crippen LogP contribution in [0.3, 0.4) is 0 Å². The van der Waals surface area contributed by atoms with Crippen molar-refractivity contribution in [1.29, 1.82) is 0 Å². The molecule has 0 spiro atoms. The normalized spacial score (nSPS) is 18.9. The van der Waals surface area contributed by atoms with Crippen LogP contribution in [-0.2, 0) is 22.6 Å². The van der Waals surface area contributed by atoms with Gasteiger partial charge in [0, 0.05) is 13.0 Å². The molecular formula is C23H26O3. The number of ether oxygens (including phenoxy) is 2. The lowest BCUT2D eigenvalue weighted by molar-refractivity contribution is -0.106. The molecule has 1 aliphatic rings. The van der Waals surface area contributed by atoms with E-state index in [-0.39, 0.29) is 12.0 Å². The summed E-state index contributed by atoms with van der Waals surface area (Å²) in [5, 5.41) is 0. The first kappa shape index (κ1) is 18.4. The largest absolute Gasteiger partial charge is 0.489 e. The summed E-state index contributed by atoms with van der Waals surface area (Å²) < 4.78 is 12.0. The summed E-state index contributed by atoms with van der Waals surface area (Å²) in [6.07, 6.45) is 2.52. The van der Waals surface area contributed by atoms with Crippen LogP contribution in [0.4, 0.5) is 0 Å². The van der Waals surface area contributed by atoms with Crippen LogP contribution in [0, 0.1) is 19.8 Å². The highest BCUT2D eigenvalue weighted by atomic mass is 16.5. The molecule has 0 amide bonds. The molecule has 2 aromatic carbocycles. The minimum absolute atomic E-state index is 0.0208. The van der Waals surface area contributed by atoms with E-state index >= 15 is 0 Å². The van der Waals surface area contributed by atoms with Gasteiger partial charge in [0.1, 0.15) is 18.6 Å². The number of methoxy groups -OCH3 is 1. The molecule has 0 saturated carbocycles. The molecule has 2 aromatic rings. The SMILES string of the molecule is C=C(C=O)[C@@H]1CCc2c(C)cc(OCc3ccccc3)c(C)c2[C@@H]1OC. The molecular weight excluding hydrogens is 324 g/mol. The van der Waals surface area contributed by atoms with E-state index in [1.165, 1.54) is 11.1 Å². The minimum Gasteiger partial charge on any atom is -0.489 e. The van der Waals surface area contributed by atoms with E-state index in [1.54, 1.807) is 7.11 Å². The van der Waals surface area contributed by atoms with Crippen molar-refractivity contribution in [2.75, 3.05) is 7.11 Å². The first-order valence-corrected chi connectivity index (χ1v) is 9.03. The number of hydrogen-bond donors (Lipinski definition) is 0. The fourth-order valence-corrected chi connectivity index (χ4v) is 3.97. The van der Waals surface area contributed by atoms with Gasteiger partial charge in [-0.3, -0.25) is 4.79 Å². The second-order valence-corrected chi connectivity index (χ2v) is 6.98. The number of carbonyl (C=O) groups is 1. The van der Waals surface area contributed by atoms with Gasteiger partial charge in [0.25, 0.3) is 0 Å². The lowest BCUT2D eigenvalue weighted by Crippen LogP contribution is -2.26. The molecule has 26 heavy (non-hydrogen) atoms. The molecule has 0 radical (unpaired) electrons. The van der Waals surface area contributed by atoms with Crippen molar-refractivity contribution in [2.45, 2.75) is 39.4 Å². The maximum absolute atomic E-state index is 11.3.